The molecule has 7 atom stereocenters. The number of carboxylic acids is 2. The molecule has 0 saturated heterocycles. The zero-order valence-corrected chi connectivity index (χ0v) is 46.1. The smallest absolute Gasteiger partial charge is 0.487 e. The van der Waals surface area contributed by atoms with Crippen molar-refractivity contribution in [2.24, 2.45) is 35.1 Å². The van der Waals surface area contributed by atoms with Gasteiger partial charge < -0.3 is 46.4 Å². The first-order chi connectivity index (χ1) is 32.6. The standard InChI is InChI=1S/C53H79N5O10S.Na/c1-31(2)14-11-15-32(3)16-12-17-33(4)18-13-25-53(8)26-23-38-36(7)47(34(5)35(6)48(38)68-53)67-52(66)40(49(62)56-27-24-37-28-57-43-20-10-9-19-39(37)43)29-58(50(63)42(55)30-69)45(51(64)65)46(61)41(54)21-22-44(59)60;/h9-10,19-20,28,31-33,40-42,45,57,69H,11-18,21-27,29-30,54-55H2,1-8H3,(H,56,62)(H,59,60)(H,64,65);/q;+1. The number of carboxylic acid groups (broad SMARTS) is 2. The number of benzene rings is 2. The van der Waals surface area contributed by atoms with E-state index in [1.807, 2.05) is 44.3 Å². The number of esters is 1. The number of nitrogens with one attached hydrogen (secondary N) is 2. The summed E-state index contributed by atoms with van der Waals surface area (Å²) in [5.74, 6) is -6.45. The second-order valence-corrected chi connectivity index (χ2v) is 20.6. The summed E-state index contributed by atoms with van der Waals surface area (Å²) >= 11 is 4.11. The van der Waals surface area contributed by atoms with Crippen LogP contribution in [0.15, 0.2) is 30.5 Å². The van der Waals surface area contributed by atoms with E-state index in [-0.39, 0.29) is 47.6 Å². The Bertz CT molecular complexity index is 2270. The van der Waals surface area contributed by atoms with Gasteiger partial charge in [0.15, 0.2) is 17.7 Å². The van der Waals surface area contributed by atoms with Crippen molar-refractivity contribution in [3.63, 3.8) is 0 Å². The van der Waals surface area contributed by atoms with Crippen LogP contribution < -0.4 is 55.8 Å². The minimum Gasteiger partial charge on any atom is -0.487 e. The van der Waals surface area contributed by atoms with Crippen molar-refractivity contribution < 1.29 is 78.0 Å². The predicted molar refractivity (Wildman–Crippen MR) is 272 cm³/mol. The molecule has 17 heteroatoms. The van der Waals surface area contributed by atoms with E-state index in [1.165, 1.54) is 38.5 Å². The molecule has 382 valence electrons. The average Bonchev–Trinajstić information content (AvgIpc) is 3.71. The second-order valence-electron chi connectivity index (χ2n) is 20.3. The number of nitrogens with two attached hydrogens (primary N) is 2. The van der Waals surface area contributed by atoms with Crippen LogP contribution in [-0.2, 0) is 41.6 Å². The Kier molecular flexibility index (Phi) is 24.4. The number of fused-ring (bicyclic) bond motifs is 2. The van der Waals surface area contributed by atoms with Gasteiger partial charge in [-0.1, -0.05) is 90.8 Å². The average molecular weight is 1000 g/mol. The van der Waals surface area contributed by atoms with Crippen molar-refractivity contribution in [3.05, 3.63) is 58.3 Å². The minimum absolute atomic E-state index is 0. The van der Waals surface area contributed by atoms with Crippen LogP contribution in [0.5, 0.6) is 11.5 Å². The van der Waals surface area contributed by atoms with Gasteiger partial charge in [-0.05, 0) is 112 Å². The summed E-state index contributed by atoms with van der Waals surface area (Å²) in [4.78, 5) is 84.4. The number of carbonyl (C=O) groups excluding carboxylic acids is 4. The Hall–Kier alpha value is -3.93. The van der Waals surface area contributed by atoms with Crippen molar-refractivity contribution >= 4 is 59.0 Å². The molecule has 70 heavy (non-hydrogen) atoms. The number of ether oxygens (including phenoxy) is 2. The van der Waals surface area contributed by atoms with E-state index >= 15 is 0 Å². The van der Waals surface area contributed by atoms with Gasteiger partial charge >= 0.3 is 47.5 Å². The maximum atomic E-state index is 14.6. The third-order valence-electron chi connectivity index (χ3n) is 14.0. The molecule has 7 unspecified atom stereocenters. The van der Waals surface area contributed by atoms with Crippen LogP contribution in [0.25, 0.3) is 10.9 Å². The molecule has 2 aromatic carbocycles. The number of carbonyl (C=O) groups is 6. The van der Waals surface area contributed by atoms with Gasteiger partial charge in [0.25, 0.3) is 0 Å². The molecule has 3 aromatic rings. The number of thiol groups is 1. The van der Waals surface area contributed by atoms with Gasteiger partial charge in [-0.15, -0.1) is 0 Å². The summed E-state index contributed by atoms with van der Waals surface area (Å²) in [5.41, 5.74) is 16.3. The maximum Gasteiger partial charge on any atom is 1.00 e. The van der Waals surface area contributed by atoms with Gasteiger partial charge in [-0.25, -0.2) is 4.79 Å². The van der Waals surface area contributed by atoms with Crippen molar-refractivity contribution in [1.29, 1.82) is 0 Å². The predicted octanol–water partition coefficient (Wildman–Crippen LogP) is 4.80. The number of aromatic nitrogens is 1. The fourth-order valence-electron chi connectivity index (χ4n) is 9.47. The molecule has 0 fully saturated rings. The maximum absolute atomic E-state index is 14.6. The zero-order valence-electron chi connectivity index (χ0n) is 43.2. The van der Waals surface area contributed by atoms with Gasteiger partial charge in [0.1, 0.15) is 17.1 Å². The Morgan fingerprint density at radius 1 is 0.886 bits per heavy atom. The number of para-hydroxylation sites is 1. The van der Waals surface area contributed by atoms with Gasteiger partial charge in [0.05, 0.1) is 12.1 Å². The summed E-state index contributed by atoms with van der Waals surface area (Å²) in [6, 6.07) is 2.21. The largest absolute Gasteiger partial charge is 1.00 e. The van der Waals surface area contributed by atoms with Crippen LogP contribution in [0.2, 0.25) is 0 Å². The number of Topliss-reactive ketones (excluding diaryl/α,β-unsaturated/α-hetero) is 1. The topological polar surface area (TPSA) is 244 Å². The van der Waals surface area contributed by atoms with E-state index < -0.39 is 84.5 Å². The molecule has 8 N–H and O–H groups in total. The van der Waals surface area contributed by atoms with E-state index in [9.17, 15) is 39.0 Å². The van der Waals surface area contributed by atoms with Gasteiger partial charge in [0, 0.05) is 47.9 Å². The molecular formula is C53H79N5NaO10S+. The molecule has 2 heterocycles. The summed E-state index contributed by atoms with van der Waals surface area (Å²) in [6.45, 7) is 16.1. The quantitative estimate of drug-likeness (QED) is 0.0163. The third kappa shape index (κ3) is 16.8. The molecular weight excluding hydrogens is 922 g/mol. The number of amides is 2. The third-order valence-corrected chi connectivity index (χ3v) is 14.4. The van der Waals surface area contributed by atoms with Crippen LogP contribution >= 0.6 is 12.6 Å². The molecule has 15 nitrogen and oxygen atoms in total. The van der Waals surface area contributed by atoms with Crippen molar-refractivity contribution in [3.8, 4) is 11.5 Å². The second kappa shape index (κ2) is 28.3. The molecule has 0 spiro atoms. The number of aromatic amines is 1. The number of H-pyrrole nitrogens is 1. The Balaban J connectivity index is 0.0000130. The summed E-state index contributed by atoms with van der Waals surface area (Å²) in [7, 11) is 0. The SMILES string of the molecule is Cc1c(C)c2c(c(C)c1OC(=O)C(CN(C(=O)C(N)CS)C(C(=O)O)C(=O)C(N)CCC(=O)O)C(=O)NCCc1c[nH]c3ccccc13)CCC(C)(CCCC(C)CCCC(C)CCCC(C)C)O2.[Na+]. The molecule has 0 aliphatic carbocycles. The molecule has 1 aliphatic rings. The Morgan fingerprint density at radius 3 is 2.13 bits per heavy atom. The van der Waals surface area contributed by atoms with Gasteiger partial charge in [-0.3, -0.25) is 24.0 Å². The van der Waals surface area contributed by atoms with Crippen LogP contribution in [0, 0.1) is 44.4 Å². The Labute approximate surface area is 442 Å². The van der Waals surface area contributed by atoms with Crippen LogP contribution in [0.3, 0.4) is 0 Å². The van der Waals surface area contributed by atoms with Crippen molar-refractivity contribution in [1.82, 2.24) is 15.2 Å². The first-order valence-electron chi connectivity index (χ1n) is 24.9. The number of hydrogen-bond acceptors (Lipinski definition) is 11. The molecule has 2 amide bonds. The van der Waals surface area contributed by atoms with E-state index in [4.69, 9.17) is 20.9 Å². The number of nitrogens with zero attached hydrogens (tertiary/aromatic N) is 1. The fourth-order valence-corrected chi connectivity index (χ4v) is 9.63. The first-order valence-corrected chi connectivity index (χ1v) is 25.5. The summed E-state index contributed by atoms with van der Waals surface area (Å²) < 4.78 is 13.0. The van der Waals surface area contributed by atoms with Gasteiger partial charge in [-0.2, -0.15) is 12.6 Å². The fraction of sp³-hybridized carbons (Fsp3) is 0.623. The number of hydrogen-bond donors (Lipinski definition) is 7. The molecule has 4 rings (SSSR count). The van der Waals surface area contributed by atoms with E-state index in [2.05, 4.69) is 57.5 Å². The van der Waals surface area contributed by atoms with Crippen LogP contribution in [0.4, 0.5) is 0 Å². The van der Waals surface area contributed by atoms with Crippen LogP contribution in [-0.4, -0.2) is 98.2 Å². The van der Waals surface area contributed by atoms with E-state index in [0.29, 0.717) is 34.8 Å². The van der Waals surface area contributed by atoms with E-state index in [0.717, 1.165) is 70.9 Å². The molecule has 0 radical (unpaired) electrons. The first kappa shape index (κ1) is 60.4. The van der Waals surface area contributed by atoms with Crippen LogP contribution in [0.1, 0.15) is 139 Å². The number of rotatable bonds is 29. The molecule has 0 saturated carbocycles. The van der Waals surface area contributed by atoms with Crippen molar-refractivity contribution in [2.45, 2.75) is 169 Å². The normalized spacial score (nSPS) is 17.0. The van der Waals surface area contributed by atoms with E-state index in [1.54, 1.807) is 6.92 Å². The minimum atomic E-state index is -2.33. The monoisotopic (exact) mass is 1000 g/mol. The molecule has 1 aromatic heterocycles. The summed E-state index contributed by atoms with van der Waals surface area (Å²) in [6.07, 6.45) is 13.3. The number of ketones is 1. The van der Waals surface area contributed by atoms with Gasteiger partial charge in [0.2, 0.25) is 11.8 Å². The zero-order chi connectivity index (χ0) is 51.2. The summed E-state index contributed by atoms with van der Waals surface area (Å²) in [5, 5.41) is 23.3. The number of aliphatic carboxylic acids is 2. The van der Waals surface area contributed by atoms with Crippen molar-refractivity contribution in [2.75, 3.05) is 18.8 Å². The Morgan fingerprint density at radius 2 is 1.51 bits per heavy atom. The molecule has 1 aliphatic heterocycles. The molecule has 0 bridgehead atoms.